The Morgan fingerprint density at radius 1 is 1.23 bits per heavy atom. The zero-order valence-corrected chi connectivity index (χ0v) is 13.7. The zero-order valence-electron chi connectivity index (χ0n) is 13.7. The topological polar surface area (TPSA) is 75.1 Å². The van der Waals surface area contributed by atoms with Crippen molar-refractivity contribution >= 4 is 5.91 Å². The molecule has 0 aliphatic heterocycles. The highest BCUT2D eigenvalue weighted by molar-refractivity contribution is 5.78. The molecule has 0 bridgehead atoms. The van der Waals surface area contributed by atoms with Crippen molar-refractivity contribution in [2.24, 2.45) is 11.8 Å². The molecule has 1 fully saturated rings. The summed E-state index contributed by atoms with van der Waals surface area (Å²) in [7, 11) is 0. The molecule has 1 aromatic heterocycles. The molecule has 2 rings (SSSR count). The molecular weight excluding hydrogens is 278 g/mol. The van der Waals surface area contributed by atoms with Crippen LogP contribution in [0.2, 0.25) is 0 Å². The SMILES string of the molecule is Cc1nccnc1C(C(C)C)C(O)NC(=O)C1CCCCC1. The van der Waals surface area contributed by atoms with Crippen LogP contribution in [0.25, 0.3) is 0 Å². The second kappa shape index (κ2) is 7.68. The molecule has 1 aliphatic rings. The van der Waals surface area contributed by atoms with Crippen molar-refractivity contribution < 1.29 is 9.90 Å². The van der Waals surface area contributed by atoms with E-state index in [1.165, 1.54) is 6.42 Å². The van der Waals surface area contributed by atoms with E-state index < -0.39 is 6.23 Å². The van der Waals surface area contributed by atoms with Crippen molar-refractivity contribution in [3.63, 3.8) is 0 Å². The quantitative estimate of drug-likeness (QED) is 0.820. The lowest BCUT2D eigenvalue weighted by Crippen LogP contribution is -2.44. The van der Waals surface area contributed by atoms with E-state index in [-0.39, 0.29) is 23.7 Å². The number of carbonyl (C=O) groups excluding carboxylic acids is 1. The molecule has 1 aromatic rings. The Morgan fingerprint density at radius 3 is 2.45 bits per heavy atom. The van der Waals surface area contributed by atoms with E-state index in [1.54, 1.807) is 12.4 Å². The minimum atomic E-state index is -0.926. The third kappa shape index (κ3) is 4.03. The van der Waals surface area contributed by atoms with Gasteiger partial charge in [-0.25, -0.2) is 0 Å². The molecule has 5 heteroatoms. The van der Waals surface area contributed by atoms with Gasteiger partial charge < -0.3 is 10.4 Å². The fourth-order valence-corrected chi connectivity index (χ4v) is 3.29. The summed E-state index contributed by atoms with van der Waals surface area (Å²) in [5.41, 5.74) is 1.56. The monoisotopic (exact) mass is 305 g/mol. The van der Waals surface area contributed by atoms with Gasteiger partial charge in [0.05, 0.1) is 17.3 Å². The molecule has 0 aromatic carbocycles. The highest BCUT2D eigenvalue weighted by atomic mass is 16.3. The van der Waals surface area contributed by atoms with Crippen molar-refractivity contribution in [1.29, 1.82) is 0 Å². The maximum atomic E-state index is 12.3. The van der Waals surface area contributed by atoms with E-state index in [9.17, 15) is 9.90 Å². The van der Waals surface area contributed by atoms with Crippen LogP contribution in [0.4, 0.5) is 0 Å². The van der Waals surface area contributed by atoms with Gasteiger partial charge in [-0.15, -0.1) is 0 Å². The number of carbonyl (C=O) groups is 1. The number of rotatable bonds is 5. The molecule has 1 heterocycles. The lowest BCUT2D eigenvalue weighted by molar-refractivity contribution is -0.129. The van der Waals surface area contributed by atoms with E-state index in [0.29, 0.717) is 0 Å². The summed E-state index contributed by atoms with van der Waals surface area (Å²) in [6, 6.07) is 0. The summed E-state index contributed by atoms with van der Waals surface area (Å²) in [6.45, 7) is 5.93. The van der Waals surface area contributed by atoms with E-state index >= 15 is 0 Å². The number of aromatic nitrogens is 2. The predicted octanol–water partition coefficient (Wildman–Crippen LogP) is 2.54. The zero-order chi connectivity index (χ0) is 16.1. The van der Waals surface area contributed by atoms with Crippen LogP contribution in [0.3, 0.4) is 0 Å². The van der Waals surface area contributed by atoms with Crippen LogP contribution < -0.4 is 5.32 Å². The van der Waals surface area contributed by atoms with E-state index in [1.807, 2.05) is 20.8 Å². The predicted molar refractivity (Wildman–Crippen MR) is 85.1 cm³/mol. The lowest BCUT2D eigenvalue weighted by Gasteiger charge is -2.29. The molecule has 0 spiro atoms. The minimum absolute atomic E-state index is 0.0283. The second-order valence-electron chi connectivity index (χ2n) is 6.59. The van der Waals surface area contributed by atoms with E-state index in [4.69, 9.17) is 0 Å². The molecule has 122 valence electrons. The highest BCUT2D eigenvalue weighted by Crippen LogP contribution is 2.28. The first-order valence-electron chi connectivity index (χ1n) is 8.26. The Kier molecular flexibility index (Phi) is 5.89. The van der Waals surface area contributed by atoms with Crippen LogP contribution in [0.5, 0.6) is 0 Å². The van der Waals surface area contributed by atoms with Gasteiger partial charge in [-0.1, -0.05) is 33.1 Å². The van der Waals surface area contributed by atoms with Gasteiger partial charge in [0.15, 0.2) is 0 Å². The van der Waals surface area contributed by atoms with Gasteiger partial charge in [0.1, 0.15) is 6.23 Å². The largest absolute Gasteiger partial charge is 0.373 e. The number of nitrogens with zero attached hydrogens (tertiary/aromatic N) is 2. The Labute approximate surface area is 132 Å². The summed E-state index contributed by atoms with van der Waals surface area (Å²) in [5.74, 6) is -0.0862. The van der Waals surface area contributed by atoms with Crippen LogP contribution in [0.15, 0.2) is 12.4 Å². The van der Waals surface area contributed by atoms with Gasteiger partial charge in [-0.05, 0) is 25.7 Å². The standard InChI is InChI=1S/C17H27N3O2/c1-11(2)14(15-12(3)18-9-10-19-15)17(22)20-16(21)13-7-5-4-6-8-13/h9-11,13-14,17,22H,4-8H2,1-3H3,(H,20,21). The first-order chi connectivity index (χ1) is 10.5. The Balaban J connectivity index is 2.08. The third-order valence-electron chi connectivity index (χ3n) is 4.56. The molecule has 5 nitrogen and oxygen atoms in total. The Morgan fingerprint density at radius 2 is 1.86 bits per heavy atom. The summed E-state index contributed by atoms with van der Waals surface area (Å²) in [4.78, 5) is 21.0. The van der Waals surface area contributed by atoms with Gasteiger partial charge in [0.2, 0.25) is 5.91 Å². The third-order valence-corrected chi connectivity index (χ3v) is 4.56. The fourth-order valence-electron chi connectivity index (χ4n) is 3.29. The van der Waals surface area contributed by atoms with Crippen LogP contribution in [0, 0.1) is 18.8 Å². The van der Waals surface area contributed by atoms with Crippen molar-refractivity contribution in [1.82, 2.24) is 15.3 Å². The van der Waals surface area contributed by atoms with Gasteiger partial charge in [-0.2, -0.15) is 0 Å². The molecule has 2 unspecified atom stereocenters. The fraction of sp³-hybridized carbons (Fsp3) is 0.706. The van der Waals surface area contributed by atoms with Crippen LogP contribution in [-0.4, -0.2) is 27.2 Å². The molecule has 1 amide bonds. The molecule has 0 radical (unpaired) electrons. The second-order valence-corrected chi connectivity index (χ2v) is 6.59. The van der Waals surface area contributed by atoms with Crippen molar-refractivity contribution in [2.45, 2.75) is 65.0 Å². The number of aryl methyl sites for hydroxylation is 1. The molecule has 2 N–H and O–H groups in total. The van der Waals surface area contributed by atoms with Gasteiger partial charge in [-0.3, -0.25) is 14.8 Å². The normalized spacial score (nSPS) is 19.0. The smallest absolute Gasteiger partial charge is 0.225 e. The number of aliphatic hydroxyl groups excluding tert-OH is 1. The molecule has 0 saturated heterocycles. The summed E-state index contributed by atoms with van der Waals surface area (Å²) in [6.07, 6.45) is 7.61. The van der Waals surface area contributed by atoms with Crippen molar-refractivity contribution in [3.8, 4) is 0 Å². The van der Waals surface area contributed by atoms with Gasteiger partial charge in [0.25, 0.3) is 0 Å². The van der Waals surface area contributed by atoms with Gasteiger partial charge in [0, 0.05) is 18.3 Å². The Hall–Kier alpha value is -1.49. The maximum Gasteiger partial charge on any atom is 0.225 e. The number of hydrogen-bond acceptors (Lipinski definition) is 4. The summed E-state index contributed by atoms with van der Waals surface area (Å²) < 4.78 is 0. The van der Waals surface area contributed by atoms with Crippen molar-refractivity contribution in [2.75, 3.05) is 0 Å². The average molecular weight is 305 g/mol. The molecule has 2 atom stereocenters. The maximum absolute atomic E-state index is 12.3. The average Bonchev–Trinajstić information content (AvgIpc) is 2.50. The number of aliphatic hydroxyl groups is 1. The lowest BCUT2D eigenvalue weighted by atomic mass is 9.87. The summed E-state index contributed by atoms with van der Waals surface area (Å²) >= 11 is 0. The van der Waals surface area contributed by atoms with Crippen LogP contribution in [0.1, 0.15) is 63.3 Å². The van der Waals surface area contributed by atoms with E-state index in [0.717, 1.165) is 37.1 Å². The Bertz CT molecular complexity index is 498. The number of amides is 1. The van der Waals surface area contributed by atoms with Gasteiger partial charge >= 0.3 is 0 Å². The van der Waals surface area contributed by atoms with Crippen LogP contribution >= 0.6 is 0 Å². The number of hydrogen-bond donors (Lipinski definition) is 2. The van der Waals surface area contributed by atoms with E-state index in [2.05, 4.69) is 15.3 Å². The first-order valence-corrected chi connectivity index (χ1v) is 8.26. The molecule has 22 heavy (non-hydrogen) atoms. The number of nitrogens with one attached hydrogen (secondary N) is 1. The van der Waals surface area contributed by atoms with Crippen LogP contribution in [-0.2, 0) is 4.79 Å². The minimum Gasteiger partial charge on any atom is -0.373 e. The molecule has 1 aliphatic carbocycles. The highest BCUT2D eigenvalue weighted by Gasteiger charge is 2.31. The first kappa shape index (κ1) is 16.9. The molecule has 1 saturated carbocycles. The molecular formula is C17H27N3O2. The van der Waals surface area contributed by atoms with Crippen molar-refractivity contribution in [3.05, 3.63) is 23.8 Å². The summed E-state index contributed by atoms with van der Waals surface area (Å²) in [5, 5.41) is 13.4.